The zero-order chi connectivity index (χ0) is 12.3. The second-order valence-electron chi connectivity index (χ2n) is 4.86. The summed E-state index contributed by atoms with van der Waals surface area (Å²) in [6, 6.07) is 8.02. The number of piperidine rings is 1. The maximum atomic E-state index is 12.1. The van der Waals surface area contributed by atoms with Gasteiger partial charge in [-0.05, 0) is 44.0 Å². The van der Waals surface area contributed by atoms with Crippen LogP contribution in [0.1, 0.15) is 29.3 Å². The van der Waals surface area contributed by atoms with E-state index in [1.165, 1.54) is 0 Å². The molecule has 1 aliphatic rings. The fourth-order valence-electron chi connectivity index (χ4n) is 2.30. The Morgan fingerprint density at radius 2 is 2.18 bits per heavy atom. The average molecular weight is 232 g/mol. The Morgan fingerprint density at radius 1 is 1.41 bits per heavy atom. The van der Waals surface area contributed by atoms with Gasteiger partial charge in [-0.3, -0.25) is 4.79 Å². The first-order valence-electron chi connectivity index (χ1n) is 6.25. The van der Waals surface area contributed by atoms with Gasteiger partial charge in [0.15, 0.2) is 0 Å². The van der Waals surface area contributed by atoms with Crippen molar-refractivity contribution in [1.29, 1.82) is 0 Å². The predicted molar refractivity (Wildman–Crippen MR) is 69.1 cm³/mol. The minimum Gasteiger partial charge on any atom is -0.349 e. The van der Waals surface area contributed by atoms with E-state index >= 15 is 0 Å². The smallest absolute Gasteiger partial charge is 0.251 e. The molecule has 1 saturated heterocycles. The monoisotopic (exact) mass is 232 g/mol. The molecular weight excluding hydrogens is 212 g/mol. The highest BCUT2D eigenvalue weighted by Gasteiger charge is 2.23. The normalized spacial score (nSPS) is 24.4. The Labute approximate surface area is 103 Å². The van der Waals surface area contributed by atoms with E-state index in [1.54, 1.807) is 0 Å². The van der Waals surface area contributed by atoms with Crippen LogP contribution in [-0.2, 0) is 0 Å². The van der Waals surface area contributed by atoms with Crippen molar-refractivity contribution in [2.75, 3.05) is 13.1 Å². The predicted octanol–water partition coefficient (Wildman–Crippen LogP) is 1.72. The molecule has 3 heteroatoms. The fraction of sp³-hybridized carbons (Fsp3) is 0.500. The van der Waals surface area contributed by atoms with Crippen LogP contribution in [0.5, 0.6) is 0 Å². The number of amides is 1. The number of benzene rings is 1. The van der Waals surface area contributed by atoms with Crippen LogP contribution in [-0.4, -0.2) is 25.0 Å². The summed E-state index contributed by atoms with van der Waals surface area (Å²) in [7, 11) is 0. The summed E-state index contributed by atoms with van der Waals surface area (Å²) in [5, 5.41) is 6.48. The molecule has 0 saturated carbocycles. The van der Waals surface area contributed by atoms with Gasteiger partial charge in [-0.15, -0.1) is 0 Å². The molecule has 17 heavy (non-hydrogen) atoms. The SMILES string of the molecule is Cc1ccccc1C(=O)NC1CCNCC1C. The lowest BCUT2D eigenvalue weighted by Gasteiger charge is -2.30. The third kappa shape index (κ3) is 2.86. The first-order valence-corrected chi connectivity index (χ1v) is 6.25. The fourth-order valence-corrected chi connectivity index (χ4v) is 2.30. The van der Waals surface area contributed by atoms with Crippen LogP contribution >= 0.6 is 0 Å². The molecule has 3 nitrogen and oxygen atoms in total. The molecule has 0 aromatic heterocycles. The molecule has 1 fully saturated rings. The Bertz CT molecular complexity index is 403. The maximum absolute atomic E-state index is 12.1. The Morgan fingerprint density at radius 3 is 2.88 bits per heavy atom. The molecule has 1 aromatic carbocycles. The van der Waals surface area contributed by atoms with Gasteiger partial charge in [0.25, 0.3) is 5.91 Å². The van der Waals surface area contributed by atoms with Crippen molar-refractivity contribution in [3.05, 3.63) is 35.4 Å². The molecule has 0 aliphatic carbocycles. The van der Waals surface area contributed by atoms with E-state index in [9.17, 15) is 4.79 Å². The third-order valence-corrected chi connectivity index (χ3v) is 3.49. The topological polar surface area (TPSA) is 41.1 Å². The summed E-state index contributed by atoms with van der Waals surface area (Å²) in [5.41, 5.74) is 1.82. The number of hydrogen-bond donors (Lipinski definition) is 2. The molecule has 92 valence electrons. The second-order valence-corrected chi connectivity index (χ2v) is 4.86. The standard InChI is InChI=1S/C14H20N2O/c1-10-5-3-4-6-12(10)14(17)16-13-7-8-15-9-11(13)2/h3-6,11,13,15H,7-9H2,1-2H3,(H,16,17). The average Bonchev–Trinajstić information content (AvgIpc) is 2.32. The van der Waals surface area contributed by atoms with E-state index in [0.29, 0.717) is 12.0 Å². The molecule has 2 unspecified atom stereocenters. The van der Waals surface area contributed by atoms with E-state index in [0.717, 1.165) is 30.6 Å². The summed E-state index contributed by atoms with van der Waals surface area (Å²) in [5.74, 6) is 0.554. The van der Waals surface area contributed by atoms with Gasteiger partial charge >= 0.3 is 0 Å². The molecule has 1 amide bonds. The molecule has 1 aromatic rings. The molecule has 2 rings (SSSR count). The van der Waals surface area contributed by atoms with Crippen LogP contribution in [0.15, 0.2) is 24.3 Å². The van der Waals surface area contributed by atoms with E-state index in [4.69, 9.17) is 0 Å². The zero-order valence-corrected chi connectivity index (χ0v) is 10.5. The van der Waals surface area contributed by atoms with Gasteiger partial charge in [-0.25, -0.2) is 0 Å². The van der Waals surface area contributed by atoms with Crippen molar-refractivity contribution >= 4 is 5.91 Å². The van der Waals surface area contributed by atoms with Crippen molar-refractivity contribution in [2.45, 2.75) is 26.3 Å². The van der Waals surface area contributed by atoms with Gasteiger partial charge < -0.3 is 10.6 Å². The van der Waals surface area contributed by atoms with Crippen molar-refractivity contribution in [2.24, 2.45) is 5.92 Å². The Hall–Kier alpha value is -1.35. The minimum absolute atomic E-state index is 0.0573. The van der Waals surface area contributed by atoms with Gasteiger partial charge in [0.1, 0.15) is 0 Å². The van der Waals surface area contributed by atoms with Gasteiger partial charge in [-0.1, -0.05) is 25.1 Å². The lowest BCUT2D eigenvalue weighted by Crippen LogP contribution is -2.48. The number of rotatable bonds is 2. The summed E-state index contributed by atoms with van der Waals surface area (Å²) in [4.78, 5) is 12.1. The van der Waals surface area contributed by atoms with E-state index in [1.807, 2.05) is 31.2 Å². The van der Waals surface area contributed by atoms with Gasteiger partial charge in [0.2, 0.25) is 0 Å². The quantitative estimate of drug-likeness (QED) is 0.815. The van der Waals surface area contributed by atoms with Gasteiger partial charge in [0.05, 0.1) is 0 Å². The summed E-state index contributed by atoms with van der Waals surface area (Å²) < 4.78 is 0. The van der Waals surface area contributed by atoms with E-state index < -0.39 is 0 Å². The minimum atomic E-state index is 0.0573. The highest BCUT2D eigenvalue weighted by Crippen LogP contribution is 2.13. The van der Waals surface area contributed by atoms with Crippen LogP contribution in [0.4, 0.5) is 0 Å². The largest absolute Gasteiger partial charge is 0.349 e. The first kappa shape index (κ1) is 12.1. The highest BCUT2D eigenvalue weighted by atomic mass is 16.1. The summed E-state index contributed by atoms with van der Waals surface area (Å²) in [6.45, 7) is 6.12. The lowest BCUT2D eigenvalue weighted by molar-refractivity contribution is 0.0913. The Balaban J connectivity index is 2.04. The van der Waals surface area contributed by atoms with Crippen LogP contribution in [0.3, 0.4) is 0 Å². The molecule has 2 atom stereocenters. The van der Waals surface area contributed by atoms with Crippen molar-refractivity contribution in [1.82, 2.24) is 10.6 Å². The lowest BCUT2D eigenvalue weighted by atomic mass is 9.95. The van der Waals surface area contributed by atoms with Gasteiger partial charge in [0, 0.05) is 11.6 Å². The van der Waals surface area contributed by atoms with Crippen molar-refractivity contribution in [3.63, 3.8) is 0 Å². The molecule has 0 bridgehead atoms. The van der Waals surface area contributed by atoms with Crippen LogP contribution in [0.25, 0.3) is 0 Å². The van der Waals surface area contributed by atoms with Crippen molar-refractivity contribution in [3.8, 4) is 0 Å². The first-order chi connectivity index (χ1) is 8.18. The molecule has 1 aliphatic heterocycles. The summed E-state index contributed by atoms with van der Waals surface area (Å²) in [6.07, 6.45) is 1.01. The van der Waals surface area contributed by atoms with Crippen molar-refractivity contribution < 1.29 is 4.79 Å². The zero-order valence-electron chi connectivity index (χ0n) is 10.5. The number of carbonyl (C=O) groups excluding carboxylic acids is 1. The number of carbonyl (C=O) groups is 1. The number of nitrogens with one attached hydrogen (secondary N) is 2. The number of aryl methyl sites for hydroxylation is 1. The van der Waals surface area contributed by atoms with E-state index in [2.05, 4.69) is 17.6 Å². The Kier molecular flexibility index (Phi) is 3.79. The highest BCUT2D eigenvalue weighted by molar-refractivity contribution is 5.95. The maximum Gasteiger partial charge on any atom is 0.251 e. The van der Waals surface area contributed by atoms with Crippen LogP contribution in [0.2, 0.25) is 0 Å². The molecule has 2 N–H and O–H groups in total. The third-order valence-electron chi connectivity index (χ3n) is 3.49. The second kappa shape index (κ2) is 5.32. The molecule has 0 radical (unpaired) electrons. The number of hydrogen-bond acceptors (Lipinski definition) is 2. The molecule has 0 spiro atoms. The van der Waals surface area contributed by atoms with E-state index in [-0.39, 0.29) is 5.91 Å². The summed E-state index contributed by atoms with van der Waals surface area (Å²) >= 11 is 0. The van der Waals surface area contributed by atoms with Crippen LogP contribution in [0, 0.1) is 12.8 Å². The molecular formula is C14H20N2O. The van der Waals surface area contributed by atoms with Gasteiger partial charge in [-0.2, -0.15) is 0 Å². The van der Waals surface area contributed by atoms with Crippen LogP contribution < -0.4 is 10.6 Å². The molecule has 1 heterocycles.